The van der Waals surface area contributed by atoms with Crippen molar-refractivity contribution in [3.63, 3.8) is 0 Å². The van der Waals surface area contributed by atoms with E-state index >= 15 is 0 Å². The van der Waals surface area contributed by atoms with Gasteiger partial charge in [-0.05, 0) is 32.1 Å². The summed E-state index contributed by atoms with van der Waals surface area (Å²) >= 11 is 1.66. The summed E-state index contributed by atoms with van der Waals surface area (Å²) in [4.78, 5) is 23.4. The monoisotopic (exact) mass is 282 g/mol. The Morgan fingerprint density at radius 3 is 3.11 bits per heavy atom. The third-order valence-corrected chi connectivity index (χ3v) is 4.60. The van der Waals surface area contributed by atoms with Gasteiger partial charge in [0.05, 0.1) is 0 Å². The Hall–Kier alpha value is -0.970. The lowest BCUT2D eigenvalue weighted by molar-refractivity contribution is -0.128. The standard InChI is InChI=1S/C14H22N2O2S/c17-13-7-9-19-10-12(16-13)14(18)15-8-6-11-4-2-1-3-5-11/h4,12H,1-3,5-10H2,(H,15,18)(H,16,17)/t12-/m0/s1. The van der Waals surface area contributed by atoms with Gasteiger partial charge in [0.15, 0.2) is 0 Å². The van der Waals surface area contributed by atoms with Crippen LogP contribution in [0.5, 0.6) is 0 Å². The van der Waals surface area contributed by atoms with Gasteiger partial charge in [0.2, 0.25) is 11.8 Å². The summed E-state index contributed by atoms with van der Waals surface area (Å²) in [5.41, 5.74) is 1.46. The molecule has 1 heterocycles. The molecule has 2 amide bonds. The zero-order valence-electron chi connectivity index (χ0n) is 11.2. The van der Waals surface area contributed by atoms with Gasteiger partial charge in [0.1, 0.15) is 6.04 Å². The third-order valence-electron chi connectivity index (χ3n) is 3.54. The van der Waals surface area contributed by atoms with Gasteiger partial charge >= 0.3 is 0 Å². The minimum atomic E-state index is -0.361. The molecular formula is C14H22N2O2S. The molecule has 0 bridgehead atoms. The van der Waals surface area contributed by atoms with Crippen molar-refractivity contribution in [3.05, 3.63) is 11.6 Å². The smallest absolute Gasteiger partial charge is 0.243 e. The Morgan fingerprint density at radius 2 is 2.32 bits per heavy atom. The van der Waals surface area contributed by atoms with Gasteiger partial charge in [-0.3, -0.25) is 9.59 Å². The molecule has 0 spiro atoms. The second-order valence-corrected chi connectivity index (χ2v) is 6.24. The van der Waals surface area contributed by atoms with Crippen LogP contribution in [-0.4, -0.2) is 35.9 Å². The molecule has 1 saturated heterocycles. The molecular weight excluding hydrogens is 260 g/mol. The van der Waals surface area contributed by atoms with Crippen LogP contribution in [0.1, 0.15) is 38.5 Å². The Labute approximate surface area is 118 Å². The molecule has 2 aliphatic rings. The number of hydrogen-bond donors (Lipinski definition) is 2. The summed E-state index contributed by atoms with van der Waals surface area (Å²) in [7, 11) is 0. The van der Waals surface area contributed by atoms with Gasteiger partial charge in [0.25, 0.3) is 0 Å². The van der Waals surface area contributed by atoms with Crippen LogP contribution in [0.2, 0.25) is 0 Å². The van der Waals surface area contributed by atoms with E-state index in [4.69, 9.17) is 0 Å². The fraction of sp³-hybridized carbons (Fsp3) is 0.714. The largest absolute Gasteiger partial charge is 0.354 e. The lowest BCUT2D eigenvalue weighted by Crippen LogP contribution is -2.47. The highest BCUT2D eigenvalue weighted by Crippen LogP contribution is 2.19. The molecule has 1 atom stereocenters. The van der Waals surface area contributed by atoms with E-state index in [0.29, 0.717) is 18.7 Å². The summed E-state index contributed by atoms with van der Waals surface area (Å²) in [6.07, 6.45) is 8.68. The zero-order chi connectivity index (χ0) is 13.5. The van der Waals surface area contributed by atoms with Crippen LogP contribution < -0.4 is 10.6 Å². The number of allylic oxidation sites excluding steroid dienone is 1. The van der Waals surface area contributed by atoms with Crippen LogP contribution >= 0.6 is 11.8 Å². The molecule has 0 saturated carbocycles. The predicted octanol–water partition coefficient (Wildman–Crippen LogP) is 1.61. The lowest BCUT2D eigenvalue weighted by Gasteiger charge is -2.16. The van der Waals surface area contributed by atoms with Gasteiger partial charge in [-0.15, -0.1) is 0 Å². The highest BCUT2D eigenvalue weighted by molar-refractivity contribution is 7.99. The van der Waals surface area contributed by atoms with Crippen LogP contribution in [0.25, 0.3) is 0 Å². The summed E-state index contributed by atoms with van der Waals surface area (Å²) in [6, 6.07) is -0.361. The first-order valence-electron chi connectivity index (χ1n) is 7.08. The molecule has 19 heavy (non-hydrogen) atoms. The van der Waals surface area contributed by atoms with Crippen molar-refractivity contribution in [2.75, 3.05) is 18.1 Å². The summed E-state index contributed by atoms with van der Waals surface area (Å²) in [5, 5.41) is 5.72. The second kappa shape index (κ2) is 7.58. The number of carbonyl (C=O) groups excluding carboxylic acids is 2. The van der Waals surface area contributed by atoms with Gasteiger partial charge in [0, 0.05) is 24.5 Å². The van der Waals surface area contributed by atoms with Crippen LogP contribution in [0.4, 0.5) is 0 Å². The molecule has 1 fully saturated rings. The average Bonchev–Trinajstić information content (AvgIpc) is 2.64. The van der Waals surface area contributed by atoms with Crippen molar-refractivity contribution in [3.8, 4) is 0 Å². The summed E-state index contributed by atoms with van der Waals surface area (Å²) in [6.45, 7) is 0.682. The van der Waals surface area contributed by atoms with Crippen molar-refractivity contribution in [1.82, 2.24) is 10.6 Å². The first-order valence-corrected chi connectivity index (χ1v) is 8.24. The summed E-state index contributed by atoms with van der Waals surface area (Å²) < 4.78 is 0. The summed E-state index contributed by atoms with van der Waals surface area (Å²) in [5.74, 6) is 1.43. The predicted molar refractivity (Wildman–Crippen MR) is 78.1 cm³/mol. The fourth-order valence-corrected chi connectivity index (χ4v) is 3.38. The van der Waals surface area contributed by atoms with E-state index < -0.39 is 0 Å². The van der Waals surface area contributed by atoms with Crippen LogP contribution in [0.15, 0.2) is 11.6 Å². The Bertz CT molecular complexity index is 368. The topological polar surface area (TPSA) is 58.2 Å². The van der Waals surface area contributed by atoms with E-state index in [1.54, 1.807) is 11.8 Å². The first-order chi connectivity index (χ1) is 9.25. The third kappa shape index (κ3) is 4.90. The molecule has 1 aliphatic carbocycles. The number of rotatable bonds is 4. The lowest BCUT2D eigenvalue weighted by atomic mass is 9.97. The van der Waals surface area contributed by atoms with E-state index in [9.17, 15) is 9.59 Å². The molecule has 0 aromatic rings. The maximum absolute atomic E-state index is 12.0. The van der Waals surface area contributed by atoms with Gasteiger partial charge in [-0.25, -0.2) is 0 Å². The molecule has 106 valence electrons. The van der Waals surface area contributed by atoms with Gasteiger partial charge in [-0.2, -0.15) is 11.8 Å². The zero-order valence-corrected chi connectivity index (χ0v) is 12.1. The number of carbonyl (C=O) groups is 2. The first kappa shape index (κ1) is 14.4. The van der Waals surface area contributed by atoms with Gasteiger partial charge in [-0.1, -0.05) is 11.6 Å². The van der Waals surface area contributed by atoms with Crippen LogP contribution in [0.3, 0.4) is 0 Å². The van der Waals surface area contributed by atoms with Crippen LogP contribution in [0, 0.1) is 0 Å². The Kier molecular flexibility index (Phi) is 5.76. The number of amides is 2. The van der Waals surface area contributed by atoms with Crippen LogP contribution in [-0.2, 0) is 9.59 Å². The molecule has 2 rings (SSSR count). The molecule has 5 heteroatoms. The molecule has 4 nitrogen and oxygen atoms in total. The minimum Gasteiger partial charge on any atom is -0.354 e. The normalized spacial score (nSPS) is 24.1. The molecule has 0 unspecified atom stereocenters. The second-order valence-electron chi connectivity index (χ2n) is 5.09. The molecule has 0 aromatic heterocycles. The SMILES string of the molecule is O=C1CCSC[C@@H](C(=O)NCCC2=CCCCC2)N1. The number of hydrogen-bond acceptors (Lipinski definition) is 3. The minimum absolute atomic E-state index is 0.0138. The molecule has 0 radical (unpaired) electrons. The highest BCUT2D eigenvalue weighted by Gasteiger charge is 2.22. The van der Waals surface area contributed by atoms with Crippen molar-refractivity contribution in [1.29, 1.82) is 0 Å². The maximum atomic E-state index is 12.0. The number of thioether (sulfide) groups is 1. The fourth-order valence-electron chi connectivity index (χ4n) is 2.42. The van der Waals surface area contributed by atoms with Crippen molar-refractivity contribution in [2.24, 2.45) is 0 Å². The molecule has 1 aliphatic heterocycles. The van der Waals surface area contributed by atoms with Crippen molar-refractivity contribution >= 4 is 23.6 Å². The van der Waals surface area contributed by atoms with E-state index in [0.717, 1.165) is 12.2 Å². The van der Waals surface area contributed by atoms with Crippen molar-refractivity contribution in [2.45, 2.75) is 44.6 Å². The Morgan fingerprint density at radius 1 is 1.42 bits per heavy atom. The Balaban J connectivity index is 1.71. The number of nitrogens with one attached hydrogen (secondary N) is 2. The average molecular weight is 282 g/mol. The molecule has 0 aromatic carbocycles. The van der Waals surface area contributed by atoms with E-state index in [1.165, 1.54) is 31.3 Å². The maximum Gasteiger partial charge on any atom is 0.243 e. The van der Waals surface area contributed by atoms with E-state index in [-0.39, 0.29) is 17.9 Å². The van der Waals surface area contributed by atoms with E-state index in [2.05, 4.69) is 16.7 Å². The highest BCUT2D eigenvalue weighted by atomic mass is 32.2. The van der Waals surface area contributed by atoms with Crippen molar-refractivity contribution < 1.29 is 9.59 Å². The van der Waals surface area contributed by atoms with E-state index in [1.807, 2.05) is 0 Å². The molecule has 2 N–H and O–H groups in total. The van der Waals surface area contributed by atoms with Gasteiger partial charge < -0.3 is 10.6 Å². The quantitative estimate of drug-likeness (QED) is 0.770.